The van der Waals surface area contributed by atoms with Gasteiger partial charge in [-0.05, 0) is 24.7 Å². The van der Waals surface area contributed by atoms with Crippen molar-refractivity contribution in [2.45, 2.75) is 73.1 Å². The minimum Gasteiger partial charge on any atom is -0.369 e. The number of hydrogen-bond acceptors (Lipinski definition) is 2. The third-order valence-electron chi connectivity index (χ3n) is 3.28. The van der Waals surface area contributed by atoms with E-state index in [0.717, 1.165) is 6.54 Å². The van der Waals surface area contributed by atoms with E-state index in [4.69, 9.17) is 4.74 Å². The second kappa shape index (κ2) is 3.99. The maximum absolute atomic E-state index is 6.31. The Hall–Kier alpha value is -0.0800. The van der Waals surface area contributed by atoms with Crippen LogP contribution in [0.3, 0.4) is 0 Å². The molecule has 2 atom stereocenters. The van der Waals surface area contributed by atoms with Gasteiger partial charge in [0, 0.05) is 12.6 Å². The monoisotopic (exact) mass is 227 g/mol. The van der Waals surface area contributed by atoms with Crippen LogP contribution in [0.25, 0.3) is 0 Å². The lowest BCUT2D eigenvalue weighted by Crippen LogP contribution is -2.64. The molecule has 1 heterocycles. The highest BCUT2D eigenvalue weighted by atomic mass is 16.5. The van der Waals surface area contributed by atoms with Gasteiger partial charge >= 0.3 is 0 Å². The fraction of sp³-hybridized carbons (Fsp3) is 1.00. The van der Waals surface area contributed by atoms with Crippen LogP contribution in [0.15, 0.2) is 0 Å². The lowest BCUT2D eigenvalue weighted by Gasteiger charge is -2.51. The normalized spacial score (nSPS) is 31.5. The highest BCUT2D eigenvalue weighted by Crippen LogP contribution is 2.38. The van der Waals surface area contributed by atoms with Crippen LogP contribution in [0.1, 0.15) is 55.4 Å². The summed E-state index contributed by atoms with van der Waals surface area (Å²) in [4.78, 5) is 0. The van der Waals surface area contributed by atoms with E-state index in [1.54, 1.807) is 0 Å². The molecule has 96 valence electrons. The molecule has 0 aromatic rings. The second-order valence-corrected chi connectivity index (χ2v) is 7.89. The molecule has 0 saturated carbocycles. The number of morpholine rings is 1. The first-order valence-corrected chi connectivity index (χ1v) is 6.35. The Bertz CT molecular complexity index is 244. The van der Waals surface area contributed by atoms with Gasteiger partial charge in [0.1, 0.15) is 0 Å². The lowest BCUT2D eigenvalue weighted by molar-refractivity contribution is -0.170. The van der Waals surface area contributed by atoms with Gasteiger partial charge in [0.05, 0.1) is 11.7 Å². The molecule has 0 radical (unpaired) electrons. The highest BCUT2D eigenvalue weighted by molar-refractivity contribution is 4.99. The Kier molecular flexibility index (Phi) is 3.49. The minimum atomic E-state index is -0.0559. The Morgan fingerprint density at radius 1 is 1.00 bits per heavy atom. The van der Waals surface area contributed by atoms with Crippen molar-refractivity contribution in [1.82, 2.24) is 5.32 Å². The van der Waals surface area contributed by atoms with Crippen molar-refractivity contribution in [2.24, 2.45) is 10.8 Å². The van der Waals surface area contributed by atoms with Crippen molar-refractivity contribution in [2.75, 3.05) is 6.54 Å². The van der Waals surface area contributed by atoms with E-state index in [2.05, 4.69) is 60.7 Å². The molecule has 0 amide bonds. The fourth-order valence-electron chi connectivity index (χ4n) is 2.35. The summed E-state index contributed by atoms with van der Waals surface area (Å²) in [6, 6.07) is 0.417. The number of hydrogen-bond donors (Lipinski definition) is 1. The summed E-state index contributed by atoms with van der Waals surface area (Å²) in [6.45, 7) is 18.9. The molecule has 16 heavy (non-hydrogen) atoms. The van der Waals surface area contributed by atoms with E-state index >= 15 is 0 Å². The fourth-order valence-corrected chi connectivity index (χ4v) is 2.35. The number of nitrogens with one attached hydrogen (secondary N) is 1. The first kappa shape index (κ1) is 14.0. The maximum Gasteiger partial charge on any atom is 0.0789 e. The topological polar surface area (TPSA) is 21.3 Å². The third kappa shape index (κ3) is 3.21. The Labute approximate surface area is 101 Å². The molecule has 1 N–H and O–H groups in total. The van der Waals surface area contributed by atoms with Gasteiger partial charge in [-0.25, -0.2) is 0 Å². The molecular formula is C14H29NO. The van der Waals surface area contributed by atoms with E-state index in [1.165, 1.54) is 0 Å². The lowest BCUT2D eigenvalue weighted by atomic mass is 9.73. The SMILES string of the molecule is CC1(C)CNC(C(C)(C)C)C(C(C)(C)C)O1. The second-order valence-electron chi connectivity index (χ2n) is 7.89. The quantitative estimate of drug-likeness (QED) is 0.686. The van der Waals surface area contributed by atoms with Gasteiger partial charge in [-0.2, -0.15) is 0 Å². The van der Waals surface area contributed by atoms with Gasteiger partial charge in [0.25, 0.3) is 0 Å². The van der Waals surface area contributed by atoms with Crippen LogP contribution in [-0.4, -0.2) is 24.3 Å². The van der Waals surface area contributed by atoms with Crippen LogP contribution in [0.2, 0.25) is 0 Å². The number of rotatable bonds is 0. The molecule has 1 rings (SSSR count). The van der Waals surface area contributed by atoms with Crippen LogP contribution < -0.4 is 5.32 Å². The predicted octanol–water partition coefficient (Wildman–Crippen LogP) is 3.21. The van der Waals surface area contributed by atoms with Crippen LogP contribution >= 0.6 is 0 Å². The molecule has 1 saturated heterocycles. The highest BCUT2D eigenvalue weighted by Gasteiger charge is 2.45. The van der Waals surface area contributed by atoms with Gasteiger partial charge in [0.2, 0.25) is 0 Å². The smallest absolute Gasteiger partial charge is 0.0789 e. The molecule has 1 aliphatic heterocycles. The minimum absolute atomic E-state index is 0.0559. The van der Waals surface area contributed by atoms with Crippen molar-refractivity contribution in [3.63, 3.8) is 0 Å². The molecule has 0 spiro atoms. The Balaban J connectivity index is 2.94. The van der Waals surface area contributed by atoms with Gasteiger partial charge in [-0.15, -0.1) is 0 Å². The summed E-state index contributed by atoms with van der Waals surface area (Å²) >= 11 is 0. The molecule has 2 unspecified atom stereocenters. The van der Waals surface area contributed by atoms with Crippen LogP contribution in [-0.2, 0) is 4.74 Å². The summed E-state index contributed by atoms with van der Waals surface area (Å²) in [5.74, 6) is 0. The molecule has 1 fully saturated rings. The summed E-state index contributed by atoms with van der Waals surface area (Å²) in [5.41, 5.74) is 0.344. The van der Waals surface area contributed by atoms with Crippen LogP contribution in [0.5, 0.6) is 0 Å². The molecule has 2 heteroatoms. The molecule has 0 aromatic heterocycles. The first-order valence-electron chi connectivity index (χ1n) is 6.35. The molecule has 0 aromatic carbocycles. The standard InChI is InChI=1S/C14H29NO/c1-12(2,3)10-11(13(4,5)6)16-14(7,8)9-15-10/h10-11,15H,9H2,1-8H3. The van der Waals surface area contributed by atoms with Crippen molar-refractivity contribution in [3.05, 3.63) is 0 Å². The zero-order valence-electron chi connectivity index (χ0n) is 12.3. The predicted molar refractivity (Wildman–Crippen MR) is 69.7 cm³/mol. The average molecular weight is 227 g/mol. The van der Waals surface area contributed by atoms with Crippen molar-refractivity contribution in [1.29, 1.82) is 0 Å². The number of ether oxygens (including phenoxy) is 1. The van der Waals surface area contributed by atoms with Crippen LogP contribution in [0, 0.1) is 10.8 Å². The largest absolute Gasteiger partial charge is 0.369 e. The molecule has 1 aliphatic rings. The van der Waals surface area contributed by atoms with Gasteiger partial charge in [0.15, 0.2) is 0 Å². The third-order valence-corrected chi connectivity index (χ3v) is 3.28. The maximum atomic E-state index is 6.31. The zero-order valence-corrected chi connectivity index (χ0v) is 12.3. The first-order chi connectivity index (χ1) is 6.93. The van der Waals surface area contributed by atoms with Crippen molar-refractivity contribution < 1.29 is 4.74 Å². The molecule has 0 bridgehead atoms. The summed E-state index contributed by atoms with van der Waals surface area (Å²) < 4.78 is 6.31. The summed E-state index contributed by atoms with van der Waals surface area (Å²) in [5, 5.41) is 3.68. The average Bonchev–Trinajstić information content (AvgIpc) is 1.97. The summed E-state index contributed by atoms with van der Waals surface area (Å²) in [6.07, 6.45) is 0.260. The van der Waals surface area contributed by atoms with E-state index in [9.17, 15) is 0 Å². The van der Waals surface area contributed by atoms with E-state index in [0.29, 0.717) is 6.04 Å². The van der Waals surface area contributed by atoms with E-state index in [-0.39, 0.29) is 22.5 Å². The Morgan fingerprint density at radius 2 is 1.50 bits per heavy atom. The van der Waals surface area contributed by atoms with E-state index < -0.39 is 0 Å². The zero-order chi connectivity index (χ0) is 12.8. The molecule has 2 nitrogen and oxygen atoms in total. The van der Waals surface area contributed by atoms with Crippen LogP contribution in [0.4, 0.5) is 0 Å². The van der Waals surface area contributed by atoms with Gasteiger partial charge < -0.3 is 10.1 Å². The molecular weight excluding hydrogens is 198 g/mol. The van der Waals surface area contributed by atoms with Crippen molar-refractivity contribution >= 4 is 0 Å². The Morgan fingerprint density at radius 3 is 1.88 bits per heavy atom. The van der Waals surface area contributed by atoms with Gasteiger partial charge in [-0.1, -0.05) is 41.5 Å². The van der Waals surface area contributed by atoms with E-state index in [1.807, 2.05) is 0 Å². The molecule has 0 aliphatic carbocycles. The summed E-state index contributed by atoms with van der Waals surface area (Å²) in [7, 11) is 0. The van der Waals surface area contributed by atoms with Gasteiger partial charge in [-0.3, -0.25) is 0 Å². The van der Waals surface area contributed by atoms with Crippen molar-refractivity contribution in [3.8, 4) is 0 Å².